The summed E-state index contributed by atoms with van der Waals surface area (Å²) in [4.78, 5) is 14.7. The summed E-state index contributed by atoms with van der Waals surface area (Å²) in [6, 6.07) is 2.26. The minimum Gasteiger partial charge on any atom is -0.442 e. The third-order valence-corrected chi connectivity index (χ3v) is 4.39. The zero-order valence-electron chi connectivity index (χ0n) is 14.5. The van der Waals surface area contributed by atoms with Crippen LogP contribution in [0.25, 0.3) is 0 Å². The molecule has 2 aliphatic heterocycles. The fourth-order valence-electron chi connectivity index (χ4n) is 3.04. The molecule has 0 radical (unpaired) electrons. The molecule has 1 saturated heterocycles. The van der Waals surface area contributed by atoms with Crippen molar-refractivity contribution in [3.8, 4) is 0 Å². The van der Waals surface area contributed by atoms with Gasteiger partial charge in [-0.15, -0.1) is 5.10 Å². The van der Waals surface area contributed by atoms with Crippen LogP contribution in [0, 0.1) is 11.6 Å². The van der Waals surface area contributed by atoms with Crippen molar-refractivity contribution in [2.45, 2.75) is 12.6 Å². The monoisotopic (exact) mass is 377 g/mol. The lowest BCUT2D eigenvalue weighted by molar-refractivity contribution is 0.129. The second kappa shape index (κ2) is 6.82. The number of cyclic esters (lactones) is 1. The lowest BCUT2D eigenvalue weighted by Crippen LogP contribution is -2.37. The molecule has 27 heavy (non-hydrogen) atoms. The molecule has 3 heterocycles. The van der Waals surface area contributed by atoms with Crippen LogP contribution in [-0.2, 0) is 11.3 Å². The summed E-state index contributed by atoms with van der Waals surface area (Å²) in [5, 5.41) is 13.2. The summed E-state index contributed by atoms with van der Waals surface area (Å²) in [5.41, 5.74) is -0.0896. The van der Waals surface area contributed by atoms with Crippen LogP contribution in [-0.4, -0.2) is 65.2 Å². The van der Waals surface area contributed by atoms with Crippen molar-refractivity contribution < 1.29 is 18.3 Å². The Morgan fingerprint density at radius 1 is 1.26 bits per heavy atom. The SMILES string of the molecule is CN1CCN(c2c(F)cc(N3C[C@H](Cn4ccnn4)OC3=O)cc2F)C=N1. The van der Waals surface area contributed by atoms with Crippen LogP contribution in [0.2, 0.25) is 0 Å². The number of likely N-dealkylation sites (N-methyl/N-ethyl adjacent to an activating group) is 1. The predicted molar refractivity (Wildman–Crippen MR) is 92.5 cm³/mol. The first kappa shape index (κ1) is 17.2. The van der Waals surface area contributed by atoms with Gasteiger partial charge < -0.3 is 9.64 Å². The van der Waals surface area contributed by atoms with Gasteiger partial charge in [-0.05, 0) is 0 Å². The summed E-state index contributed by atoms with van der Waals surface area (Å²) in [5.74, 6) is -1.54. The van der Waals surface area contributed by atoms with E-state index in [4.69, 9.17) is 4.74 Å². The van der Waals surface area contributed by atoms with Crippen molar-refractivity contribution >= 4 is 23.8 Å². The van der Waals surface area contributed by atoms with Crippen LogP contribution in [0.1, 0.15) is 0 Å². The van der Waals surface area contributed by atoms with Crippen LogP contribution in [0.15, 0.2) is 29.6 Å². The van der Waals surface area contributed by atoms with Gasteiger partial charge in [0.2, 0.25) is 0 Å². The van der Waals surface area contributed by atoms with E-state index in [1.165, 1.54) is 27.0 Å². The van der Waals surface area contributed by atoms with E-state index in [0.717, 1.165) is 12.1 Å². The Hall–Kier alpha value is -3.24. The van der Waals surface area contributed by atoms with Gasteiger partial charge >= 0.3 is 6.09 Å². The van der Waals surface area contributed by atoms with E-state index in [-0.39, 0.29) is 17.9 Å². The van der Waals surface area contributed by atoms with Crippen molar-refractivity contribution in [2.24, 2.45) is 5.10 Å². The molecular weight excluding hydrogens is 360 g/mol. The van der Waals surface area contributed by atoms with Crippen molar-refractivity contribution in [3.63, 3.8) is 0 Å². The van der Waals surface area contributed by atoms with Gasteiger partial charge in [0.25, 0.3) is 0 Å². The fourth-order valence-corrected chi connectivity index (χ4v) is 3.04. The standard InChI is InChI=1S/C16H17F2N7O2/c1-22-4-5-23(10-20-22)15-13(17)6-11(7-14(15)18)25-9-12(27-16(25)26)8-24-3-2-19-21-24/h2-3,6-7,10,12H,4-5,8-9H2,1H3/t12-/m0/s1. The Balaban J connectivity index is 1.54. The lowest BCUT2D eigenvalue weighted by atomic mass is 10.2. The third-order valence-electron chi connectivity index (χ3n) is 4.39. The highest BCUT2D eigenvalue weighted by molar-refractivity contribution is 5.90. The zero-order valence-corrected chi connectivity index (χ0v) is 14.5. The fraction of sp³-hybridized carbons (Fsp3) is 0.375. The lowest BCUT2D eigenvalue weighted by Gasteiger charge is -2.28. The first-order valence-corrected chi connectivity index (χ1v) is 8.34. The van der Waals surface area contributed by atoms with Crippen LogP contribution in [0.3, 0.4) is 0 Å². The normalized spacial score (nSPS) is 19.7. The van der Waals surface area contributed by atoms with E-state index in [1.54, 1.807) is 18.3 Å². The smallest absolute Gasteiger partial charge is 0.414 e. The maximum absolute atomic E-state index is 14.6. The minimum atomic E-state index is -0.770. The second-order valence-corrected chi connectivity index (χ2v) is 6.31. The quantitative estimate of drug-likeness (QED) is 0.799. The number of rotatable bonds is 4. The van der Waals surface area contributed by atoms with Crippen molar-refractivity contribution in [2.75, 3.05) is 36.5 Å². The molecule has 142 valence electrons. The van der Waals surface area contributed by atoms with E-state index in [1.807, 2.05) is 0 Å². The maximum atomic E-state index is 14.6. The summed E-state index contributed by atoms with van der Waals surface area (Å²) in [7, 11) is 1.78. The maximum Gasteiger partial charge on any atom is 0.414 e. The van der Waals surface area contributed by atoms with Crippen LogP contribution >= 0.6 is 0 Å². The summed E-state index contributed by atoms with van der Waals surface area (Å²) < 4.78 is 36.0. The number of halogens is 2. The van der Waals surface area contributed by atoms with Gasteiger partial charge in [0.1, 0.15) is 18.1 Å². The molecule has 1 atom stereocenters. The molecule has 1 aromatic heterocycles. The predicted octanol–water partition coefficient (Wildman–Crippen LogP) is 1.28. The van der Waals surface area contributed by atoms with E-state index >= 15 is 0 Å². The molecule has 9 nitrogen and oxygen atoms in total. The van der Waals surface area contributed by atoms with Gasteiger partial charge in [-0.1, -0.05) is 5.21 Å². The molecule has 0 aliphatic carbocycles. The average Bonchev–Trinajstić information content (AvgIpc) is 3.26. The van der Waals surface area contributed by atoms with Crippen molar-refractivity contribution in [1.82, 2.24) is 20.0 Å². The average molecular weight is 377 g/mol. The molecule has 0 spiro atoms. The molecule has 1 fully saturated rings. The Kier molecular flexibility index (Phi) is 4.34. The van der Waals surface area contributed by atoms with Gasteiger partial charge in [0.05, 0.1) is 31.5 Å². The number of hydrogen-bond acceptors (Lipinski definition) is 7. The first-order valence-electron chi connectivity index (χ1n) is 8.34. The number of hydrazone groups is 1. The van der Waals surface area contributed by atoms with E-state index in [9.17, 15) is 13.6 Å². The molecule has 1 aromatic carbocycles. The van der Waals surface area contributed by atoms with Gasteiger partial charge in [-0.2, -0.15) is 5.10 Å². The molecule has 0 saturated carbocycles. The van der Waals surface area contributed by atoms with Gasteiger partial charge in [-0.3, -0.25) is 9.91 Å². The number of benzene rings is 1. The van der Waals surface area contributed by atoms with E-state index in [2.05, 4.69) is 15.4 Å². The summed E-state index contributed by atoms with van der Waals surface area (Å²) in [6.45, 7) is 1.41. The number of aromatic nitrogens is 3. The molecule has 0 unspecified atom stereocenters. The molecule has 4 rings (SSSR count). The number of nitrogens with zero attached hydrogens (tertiary/aromatic N) is 7. The summed E-state index contributed by atoms with van der Waals surface area (Å²) >= 11 is 0. The molecule has 0 bridgehead atoms. The highest BCUT2D eigenvalue weighted by Crippen LogP contribution is 2.31. The van der Waals surface area contributed by atoms with Crippen LogP contribution in [0.5, 0.6) is 0 Å². The number of anilines is 2. The topological polar surface area (TPSA) is 79.1 Å². The highest BCUT2D eigenvalue weighted by Gasteiger charge is 2.34. The Labute approximate surface area is 153 Å². The van der Waals surface area contributed by atoms with Gasteiger partial charge in [0, 0.05) is 31.9 Å². The summed E-state index contributed by atoms with van der Waals surface area (Å²) in [6.07, 6.45) is 3.38. The minimum absolute atomic E-state index is 0.103. The number of carbonyl (C=O) groups excluding carboxylic acids is 1. The highest BCUT2D eigenvalue weighted by atomic mass is 19.1. The molecule has 11 heteroatoms. The number of amides is 1. The second-order valence-electron chi connectivity index (χ2n) is 6.31. The molecule has 1 amide bonds. The number of hydrogen-bond donors (Lipinski definition) is 0. The van der Waals surface area contributed by atoms with Crippen LogP contribution in [0.4, 0.5) is 25.0 Å². The van der Waals surface area contributed by atoms with E-state index < -0.39 is 23.8 Å². The Bertz CT molecular complexity index is 851. The van der Waals surface area contributed by atoms with Gasteiger partial charge in [0.15, 0.2) is 11.6 Å². The molecular formula is C16H17F2N7O2. The number of ether oxygens (including phenoxy) is 1. The van der Waals surface area contributed by atoms with Crippen LogP contribution < -0.4 is 9.80 Å². The largest absolute Gasteiger partial charge is 0.442 e. The van der Waals surface area contributed by atoms with Gasteiger partial charge in [-0.25, -0.2) is 18.3 Å². The Morgan fingerprint density at radius 3 is 2.67 bits per heavy atom. The molecule has 2 aromatic rings. The Morgan fingerprint density at radius 2 is 2.04 bits per heavy atom. The molecule has 2 aliphatic rings. The van der Waals surface area contributed by atoms with Crippen molar-refractivity contribution in [3.05, 3.63) is 36.2 Å². The van der Waals surface area contributed by atoms with E-state index in [0.29, 0.717) is 19.6 Å². The van der Waals surface area contributed by atoms with Crippen molar-refractivity contribution in [1.29, 1.82) is 0 Å². The first-order chi connectivity index (χ1) is 13.0. The number of carbonyl (C=O) groups is 1. The third kappa shape index (κ3) is 3.39. The zero-order chi connectivity index (χ0) is 19.0. The molecule has 0 N–H and O–H groups in total.